The lowest BCUT2D eigenvalue weighted by Gasteiger charge is -2.13. The molecule has 4 nitrogen and oxygen atoms in total. The van der Waals surface area contributed by atoms with E-state index in [1.54, 1.807) is 4.68 Å². The minimum Gasteiger partial charge on any atom is -0.506 e. The molecule has 1 aliphatic rings. The van der Waals surface area contributed by atoms with E-state index in [2.05, 4.69) is 5.10 Å². The largest absolute Gasteiger partial charge is 0.506 e. The van der Waals surface area contributed by atoms with Gasteiger partial charge in [-0.15, -0.1) is 0 Å². The monoisotopic (exact) mass is 312 g/mol. The van der Waals surface area contributed by atoms with Crippen molar-refractivity contribution in [3.63, 3.8) is 0 Å². The second-order valence-electron chi connectivity index (χ2n) is 4.90. The first-order chi connectivity index (χ1) is 9.56. The first-order valence-electron chi connectivity index (χ1n) is 6.47. The van der Waals surface area contributed by atoms with Gasteiger partial charge in [0.25, 0.3) is 0 Å². The van der Waals surface area contributed by atoms with Gasteiger partial charge in [-0.05, 0) is 31.7 Å². The minimum absolute atomic E-state index is 0.0536. The summed E-state index contributed by atoms with van der Waals surface area (Å²) in [6.07, 6.45) is 4.22. The number of ether oxygens (including phenoxy) is 1. The molecule has 0 radical (unpaired) electrons. The maximum Gasteiger partial charge on any atom is 0.221 e. The normalized spacial score (nSPS) is 14.2. The van der Waals surface area contributed by atoms with Crippen molar-refractivity contribution in [1.29, 1.82) is 0 Å². The third-order valence-electron chi connectivity index (χ3n) is 3.47. The van der Waals surface area contributed by atoms with Crippen LogP contribution in [0, 0.1) is 0 Å². The summed E-state index contributed by atoms with van der Waals surface area (Å²) < 4.78 is 7.58. The van der Waals surface area contributed by atoms with Gasteiger partial charge < -0.3 is 9.84 Å². The molecule has 0 saturated carbocycles. The molecule has 0 aliphatic heterocycles. The van der Waals surface area contributed by atoms with E-state index < -0.39 is 0 Å². The van der Waals surface area contributed by atoms with Crippen molar-refractivity contribution in [2.75, 3.05) is 0 Å². The molecule has 1 N–H and O–H groups in total. The highest BCUT2D eigenvalue weighted by Gasteiger charge is 2.22. The van der Waals surface area contributed by atoms with E-state index in [0.29, 0.717) is 16.7 Å². The molecular formula is C14H14Cl2N2O2. The van der Waals surface area contributed by atoms with E-state index in [1.165, 1.54) is 12.1 Å². The Labute approximate surface area is 126 Å². The average Bonchev–Trinajstić information content (AvgIpc) is 2.72. The summed E-state index contributed by atoms with van der Waals surface area (Å²) in [6.45, 7) is 0. The zero-order valence-corrected chi connectivity index (χ0v) is 12.5. The van der Waals surface area contributed by atoms with Crippen LogP contribution in [-0.4, -0.2) is 14.9 Å². The van der Waals surface area contributed by atoms with Crippen LogP contribution in [0.4, 0.5) is 0 Å². The number of rotatable bonds is 2. The second kappa shape index (κ2) is 5.19. The van der Waals surface area contributed by atoms with Crippen molar-refractivity contribution in [3.05, 3.63) is 33.4 Å². The predicted octanol–water partition coefficient (Wildman–Crippen LogP) is 4.10. The summed E-state index contributed by atoms with van der Waals surface area (Å²) in [5, 5.41) is 14.7. The van der Waals surface area contributed by atoms with Crippen LogP contribution in [0.2, 0.25) is 10.0 Å². The Kier molecular flexibility index (Phi) is 3.52. The predicted molar refractivity (Wildman–Crippen MR) is 78.1 cm³/mol. The number of nitrogens with zero attached hydrogens (tertiary/aromatic N) is 2. The van der Waals surface area contributed by atoms with Crippen molar-refractivity contribution in [1.82, 2.24) is 9.78 Å². The number of phenols is 1. The molecule has 6 heteroatoms. The van der Waals surface area contributed by atoms with Gasteiger partial charge in [0, 0.05) is 18.7 Å². The molecule has 1 heterocycles. The Morgan fingerprint density at radius 3 is 2.75 bits per heavy atom. The van der Waals surface area contributed by atoms with Crippen molar-refractivity contribution in [2.45, 2.75) is 25.7 Å². The summed E-state index contributed by atoms with van der Waals surface area (Å²) in [5.41, 5.74) is 2.22. The molecule has 2 aromatic rings. The first-order valence-corrected chi connectivity index (χ1v) is 7.22. The molecule has 0 amide bonds. The quantitative estimate of drug-likeness (QED) is 0.908. The van der Waals surface area contributed by atoms with E-state index in [0.717, 1.165) is 36.9 Å². The molecule has 0 spiro atoms. The third-order valence-corrected chi connectivity index (χ3v) is 4.07. The fraction of sp³-hybridized carbons (Fsp3) is 0.357. The topological polar surface area (TPSA) is 47.3 Å². The van der Waals surface area contributed by atoms with E-state index >= 15 is 0 Å². The Balaban J connectivity index is 1.99. The Bertz CT molecular complexity index is 668. The maximum absolute atomic E-state index is 9.67. The van der Waals surface area contributed by atoms with E-state index in [1.807, 2.05) is 7.05 Å². The molecular weight excluding hydrogens is 299 g/mol. The number of aromatic nitrogens is 2. The number of hydrogen-bond acceptors (Lipinski definition) is 3. The molecule has 0 atom stereocenters. The number of phenolic OH excluding ortho intramolecular Hbond substituents is 1. The highest BCUT2D eigenvalue weighted by Crippen LogP contribution is 2.39. The Hall–Kier alpha value is -1.39. The van der Waals surface area contributed by atoms with Gasteiger partial charge in [-0.25, -0.2) is 4.68 Å². The lowest BCUT2D eigenvalue weighted by atomic mass is 9.98. The molecule has 3 rings (SSSR count). The number of benzene rings is 1. The van der Waals surface area contributed by atoms with Crippen LogP contribution >= 0.6 is 23.2 Å². The highest BCUT2D eigenvalue weighted by atomic mass is 35.5. The van der Waals surface area contributed by atoms with Gasteiger partial charge in [0.1, 0.15) is 5.75 Å². The van der Waals surface area contributed by atoms with Crippen LogP contribution in [0.25, 0.3) is 0 Å². The van der Waals surface area contributed by atoms with Gasteiger partial charge in [0.15, 0.2) is 5.75 Å². The molecule has 0 bridgehead atoms. The zero-order chi connectivity index (χ0) is 14.3. The number of halogens is 2. The molecule has 20 heavy (non-hydrogen) atoms. The van der Waals surface area contributed by atoms with Crippen LogP contribution in [0.15, 0.2) is 12.1 Å². The molecule has 1 aliphatic carbocycles. The molecule has 0 fully saturated rings. The Morgan fingerprint density at radius 1 is 1.20 bits per heavy atom. The molecule has 1 aromatic carbocycles. The smallest absolute Gasteiger partial charge is 0.221 e. The van der Waals surface area contributed by atoms with Gasteiger partial charge >= 0.3 is 0 Å². The molecule has 0 saturated heterocycles. The van der Waals surface area contributed by atoms with Crippen LogP contribution in [0.1, 0.15) is 24.1 Å². The molecule has 1 aromatic heterocycles. The average molecular weight is 313 g/mol. The SMILES string of the molecule is Cn1nc2c(c1Oc1cc(O)c(Cl)cc1Cl)CCCC2. The highest BCUT2D eigenvalue weighted by molar-refractivity contribution is 6.36. The van der Waals surface area contributed by atoms with Gasteiger partial charge in [-0.3, -0.25) is 0 Å². The summed E-state index contributed by atoms with van der Waals surface area (Å²) >= 11 is 11.9. The minimum atomic E-state index is -0.0536. The van der Waals surface area contributed by atoms with Crippen molar-refractivity contribution < 1.29 is 9.84 Å². The van der Waals surface area contributed by atoms with Gasteiger partial charge in [-0.1, -0.05) is 23.2 Å². The maximum atomic E-state index is 9.67. The number of aromatic hydroxyl groups is 1. The van der Waals surface area contributed by atoms with E-state index in [-0.39, 0.29) is 10.8 Å². The Morgan fingerprint density at radius 2 is 1.95 bits per heavy atom. The number of aryl methyl sites for hydroxylation is 2. The van der Waals surface area contributed by atoms with Crippen LogP contribution in [-0.2, 0) is 19.9 Å². The van der Waals surface area contributed by atoms with E-state index in [4.69, 9.17) is 27.9 Å². The van der Waals surface area contributed by atoms with Crippen molar-refractivity contribution in [2.24, 2.45) is 7.05 Å². The van der Waals surface area contributed by atoms with Crippen LogP contribution in [0.5, 0.6) is 17.4 Å². The summed E-state index contributed by atoms with van der Waals surface area (Å²) in [6, 6.07) is 2.89. The van der Waals surface area contributed by atoms with Crippen molar-refractivity contribution in [3.8, 4) is 17.4 Å². The lowest BCUT2D eigenvalue weighted by molar-refractivity contribution is 0.418. The molecule has 0 unspecified atom stereocenters. The number of fused-ring (bicyclic) bond motifs is 1. The molecule has 106 valence electrons. The van der Waals surface area contributed by atoms with Gasteiger partial charge in [0.05, 0.1) is 15.7 Å². The third kappa shape index (κ3) is 2.34. The van der Waals surface area contributed by atoms with E-state index in [9.17, 15) is 5.11 Å². The second-order valence-corrected chi connectivity index (χ2v) is 5.71. The van der Waals surface area contributed by atoms with Gasteiger partial charge in [0.2, 0.25) is 5.88 Å². The van der Waals surface area contributed by atoms with Crippen LogP contribution in [0.3, 0.4) is 0 Å². The summed E-state index contributed by atoms with van der Waals surface area (Å²) in [5.74, 6) is 1.01. The van der Waals surface area contributed by atoms with Gasteiger partial charge in [-0.2, -0.15) is 5.10 Å². The zero-order valence-electron chi connectivity index (χ0n) is 11.0. The lowest BCUT2D eigenvalue weighted by Crippen LogP contribution is -2.01. The summed E-state index contributed by atoms with van der Waals surface area (Å²) in [7, 11) is 1.84. The fourth-order valence-corrected chi connectivity index (χ4v) is 2.90. The summed E-state index contributed by atoms with van der Waals surface area (Å²) in [4.78, 5) is 0. The van der Waals surface area contributed by atoms with Crippen LogP contribution < -0.4 is 4.74 Å². The first kappa shape index (κ1) is 13.6. The fourth-order valence-electron chi connectivity index (χ4n) is 2.48. The van der Waals surface area contributed by atoms with Crippen molar-refractivity contribution >= 4 is 23.2 Å². The number of hydrogen-bond donors (Lipinski definition) is 1. The standard InChI is InChI=1S/C14H14Cl2N2O2/c1-18-14(8-4-2-3-5-11(8)17-18)20-13-7-12(19)9(15)6-10(13)16/h6-7,19H,2-5H2,1H3.